The van der Waals surface area contributed by atoms with Gasteiger partial charge in [-0.3, -0.25) is 0 Å². The second-order valence-corrected chi connectivity index (χ2v) is 4.08. The summed E-state index contributed by atoms with van der Waals surface area (Å²) in [4.78, 5) is 11.7. The fourth-order valence-corrected chi connectivity index (χ4v) is 1.77. The highest BCUT2D eigenvalue weighted by Gasteiger charge is 2.20. The molecule has 0 fully saturated rings. The Morgan fingerprint density at radius 2 is 2.18 bits per heavy atom. The van der Waals surface area contributed by atoms with Crippen molar-refractivity contribution in [2.45, 2.75) is 26.2 Å². The zero-order chi connectivity index (χ0) is 12.1. The molecule has 0 spiro atoms. The first kappa shape index (κ1) is 11.6. The van der Waals surface area contributed by atoms with E-state index in [9.17, 15) is 4.79 Å². The lowest BCUT2D eigenvalue weighted by atomic mass is 10.0. The number of esters is 1. The largest absolute Gasteiger partial charge is 0.423 e. The SMILES string of the molecule is CCC/C=C/C=C1\Cc2ccccc2OC1=O. The van der Waals surface area contributed by atoms with Crippen molar-refractivity contribution in [1.29, 1.82) is 0 Å². The van der Waals surface area contributed by atoms with Crippen molar-refractivity contribution in [3.8, 4) is 5.75 Å². The van der Waals surface area contributed by atoms with Gasteiger partial charge in [0, 0.05) is 12.0 Å². The van der Waals surface area contributed by atoms with E-state index in [-0.39, 0.29) is 5.97 Å². The Kier molecular flexibility index (Phi) is 3.76. The van der Waals surface area contributed by atoms with Gasteiger partial charge in [-0.15, -0.1) is 0 Å². The molecule has 1 aliphatic rings. The molecule has 0 unspecified atom stereocenters. The molecule has 1 aliphatic heterocycles. The van der Waals surface area contributed by atoms with Gasteiger partial charge in [-0.1, -0.05) is 49.8 Å². The lowest BCUT2D eigenvalue weighted by Crippen LogP contribution is -2.19. The van der Waals surface area contributed by atoms with Crippen LogP contribution in [-0.2, 0) is 11.2 Å². The van der Waals surface area contributed by atoms with E-state index in [1.54, 1.807) is 0 Å². The Bertz CT molecular complexity index is 470. The van der Waals surface area contributed by atoms with E-state index in [1.165, 1.54) is 0 Å². The normalized spacial score (nSPS) is 17.2. The van der Waals surface area contributed by atoms with Gasteiger partial charge in [-0.2, -0.15) is 0 Å². The van der Waals surface area contributed by atoms with Crippen molar-refractivity contribution < 1.29 is 9.53 Å². The third-order valence-corrected chi connectivity index (χ3v) is 2.71. The summed E-state index contributed by atoms with van der Waals surface area (Å²) in [5, 5.41) is 0. The standard InChI is InChI=1S/C15H16O2/c1-2-3-4-5-9-13-11-12-8-6-7-10-14(12)17-15(13)16/h4-10H,2-3,11H2,1H3/b5-4+,13-9+. The summed E-state index contributed by atoms with van der Waals surface area (Å²) in [7, 11) is 0. The molecule has 0 aliphatic carbocycles. The number of hydrogen-bond acceptors (Lipinski definition) is 2. The number of ether oxygens (including phenoxy) is 1. The molecular formula is C15H16O2. The summed E-state index contributed by atoms with van der Waals surface area (Å²) in [5.74, 6) is 0.456. The van der Waals surface area contributed by atoms with Gasteiger partial charge in [0.2, 0.25) is 0 Å². The molecule has 0 amide bonds. The van der Waals surface area contributed by atoms with Crippen LogP contribution >= 0.6 is 0 Å². The van der Waals surface area contributed by atoms with E-state index in [2.05, 4.69) is 13.0 Å². The van der Waals surface area contributed by atoms with Crippen molar-refractivity contribution in [2.24, 2.45) is 0 Å². The average molecular weight is 228 g/mol. The molecule has 0 saturated heterocycles. The van der Waals surface area contributed by atoms with Crippen LogP contribution in [0.5, 0.6) is 5.75 Å². The van der Waals surface area contributed by atoms with Crippen molar-refractivity contribution in [3.63, 3.8) is 0 Å². The zero-order valence-corrected chi connectivity index (χ0v) is 9.98. The maximum absolute atomic E-state index is 11.7. The Labute approximate surface area is 102 Å². The molecule has 88 valence electrons. The fraction of sp³-hybridized carbons (Fsp3) is 0.267. The van der Waals surface area contributed by atoms with E-state index >= 15 is 0 Å². The Balaban J connectivity index is 2.15. The first-order valence-corrected chi connectivity index (χ1v) is 5.97. The van der Waals surface area contributed by atoms with Crippen LogP contribution in [0.25, 0.3) is 0 Å². The number of para-hydroxylation sites is 1. The van der Waals surface area contributed by atoms with Crippen molar-refractivity contribution >= 4 is 5.97 Å². The highest BCUT2D eigenvalue weighted by molar-refractivity contribution is 5.93. The topological polar surface area (TPSA) is 26.3 Å². The number of hydrogen-bond donors (Lipinski definition) is 0. The first-order chi connectivity index (χ1) is 8.31. The van der Waals surface area contributed by atoms with Crippen LogP contribution in [0.1, 0.15) is 25.3 Å². The number of carbonyl (C=O) groups excluding carboxylic acids is 1. The molecule has 0 N–H and O–H groups in total. The van der Waals surface area contributed by atoms with Crippen LogP contribution in [0, 0.1) is 0 Å². The summed E-state index contributed by atoms with van der Waals surface area (Å²) in [6.45, 7) is 2.13. The number of unbranched alkanes of at least 4 members (excludes halogenated alkanes) is 1. The maximum Gasteiger partial charge on any atom is 0.339 e. The van der Waals surface area contributed by atoms with Crippen LogP contribution in [0.15, 0.2) is 48.1 Å². The summed E-state index contributed by atoms with van der Waals surface area (Å²) < 4.78 is 5.26. The second-order valence-electron chi connectivity index (χ2n) is 4.08. The Morgan fingerprint density at radius 1 is 1.35 bits per heavy atom. The molecule has 2 heteroatoms. The zero-order valence-electron chi connectivity index (χ0n) is 9.98. The van der Waals surface area contributed by atoms with E-state index in [0.717, 1.165) is 24.0 Å². The molecule has 0 bridgehead atoms. The molecule has 17 heavy (non-hydrogen) atoms. The molecule has 0 atom stereocenters. The summed E-state index contributed by atoms with van der Waals surface area (Å²) >= 11 is 0. The molecule has 1 heterocycles. The van der Waals surface area contributed by atoms with Crippen LogP contribution < -0.4 is 4.74 Å². The Hall–Kier alpha value is -1.83. The van der Waals surface area contributed by atoms with E-state index in [4.69, 9.17) is 4.74 Å². The van der Waals surface area contributed by atoms with Crippen molar-refractivity contribution in [1.82, 2.24) is 0 Å². The second kappa shape index (κ2) is 5.48. The Morgan fingerprint density at radius 3 is 3.00 bits per heavy atom. The smallest absolute Gasteiger partial charge is 0.339 e. The summed E-state index contributed by atoms with van der Waals surface area (Å²) in [6, 6.07) is 7.66. The number of carbonyl (C=O) groups is 1. The number of allylic oxidation sites excluding steroid dienone is 3. The van der Waals surface area contributed by atoms with E-state index in [1.807, 2.05) is 36.4 Å². The van der Waals surface area contributed by atoms with Gasteiger partial charge in [-0.05, 0) is 18.1 Å². The summed E-state index contributed by atoms with van der Waals surface area (Å²) in [6.07, 6.45) is 8.68. The van der Waals surface area contributed by atoms with Gasteiger partial charge in [0.05, 0.1) is 0 Å². The van der Waals surface area contributed by atoms with Crippen LogP contribution in [0.4, 0.5) is 0 Å². The van der Waals surface area contributed by atoms with Gasteiger partial charge in [-0.25, -0.2) is 4.79 Å². The van der Waals surface area contributed by atoms with Crippen LogP contribution in [0.2, 0.25) is 0 Å². The minimum Gasteiger partial charge on any atom is -0.423 e. The fourth-order valence-electron chi connectivity index (χ4n) is 1.77. The highest BCUT2D eigenvalue weighted by atomic mass is 16.5. The van der Waals surface area contributed by atoms with E-state index < -0.39 is 0 Å². The lowest BCUT2D eigenvalue weighted by molar-refractivity contribution is -0.130. The first-order valence-electron chi connectivity index (χ1n) is 5.97. The van der Waals surface area contributed by atoms with Gasteiger partial charge in [0.1, 0.15) is 5.75 Å². The minimum atomic E-state index is -0.232. The number of rotatable bonds is 3. The number of fused-ring (bicyclic) bond motifs is 1. The number of benzene rings is 1. The minimum absolute atomic E-state index is 0.232. The van der Waals surface area contributed by atoms with Crippen molar-refractivity contribution in [3.05, 3.63) is 53.6 Å². The quantitative estimate of drug-likeness (QED) is 0.450. The molecule has 0 radical (unpaired) electrons. The molecule has 0 aromatic heterocycles. The monoisotopic (exact) mass is 228 g/mol. The van der Waals surface area contributed by atoms with Gasteiger partial charge in [0.25, 0.3) is 0 Å². The molecule has 0 saturated carbocycles. The molecule has 1 aromatic rings. The molecule has 2 nitrogen and oxygen atoms in total. The van der Waals surface area contributed by atoms with Gasteiger partial charge in [0.15, 0.2) is 0 Å². The van der Waals surface area contributed by atoms with Gasteiger partial charge < -0.3 is 4.74 Å². The molecular weight excluding hydrogens is 212 g/mol. The van der Waals surface area contributed by atoms with Gasteiger partial charge >= 0.3 is 5.97 Å². The van der Waals surface area contributed by atoms with E-state index in [0.29, 0.717) is 12.2 Å². The van der Waals surface area contributed by atoms with Crippen LogP contribution in [-0.4, -0.2) is 5.97 Å². The molecule has 2 rings (SSSR count). The highest BCUT2D eigenvalue weighted by Crippen LogP contribution is 2.27. The lowest BCUT2D eigenvalue weighted by Gasteiger charge is -2.17. The molecule has 1 aromatic carbocycles. The van der Waals surface area contributed by atoms with Crippen LogP contribution in [0.3, 0.4) is 0 Å². The van der Waals surface area contributed by atoms with Crippen molar-refractivity contribution in [2.75, 3.05) is 0 Å². The summed E-state index contributed by atoms with van der Waals surface area (Å²) in [5.41, 5.74) is 1.79. The predicted octanol–water partition coefficient (Wildman–Crippen LogP) is 3.43. The predicted molar refractivity (Wildman–Crippen MR) is 67.9 cm³/mol. The maximum atomic E-state index is 11.7. The average Bonchev–Trinajstić information content (AvgIpc) is 2.35. The third-order valence-electron chi connectivity index (χ3n) is 2.71. The third kappa shape index (κ3) is 2.84.